The number of hydrogen-bond acceptors (Lipinski definition) is 3. The first kappa shape index (κ1) is 12.0. The van der Waals surface area contributed by atoms with Crippen molar-refractivity contribution in [3.05, 3.63) is 46.1 Å². The number of anilines is 1. The zero-order chi connectivity index (χ0) is 13.4. The van der Waals surface area contributed by atoms with Crippen molar-refractivity contribution >= 4 is 5.69 Å². The van der Waals surface area contributed by atoms with E-state index in [9.17, 15) is 4.79 Å². The number of aromatic amines is 1. The van der Waals surface area contributed by atoms with Gasteiger partial charge in [0.2, 0.25) is 0 Å². The van der Waals surface area contributed by atoms with Crippen LogP contribution in [-0.4, -0.2) is 24.1 Å². The Bertz CT molecular complexity index is 673. The van der Waals surface area contributed by atoms with E-state index >= 15 is 0 Å². The van der Waals surface area contributed by atoms with E-state index in [0.29, 0.717) is 5.69 Å². The van der Waals surface area contributed by atoms with E-state index in [1.807, 2.05) is 37.3 Å². The second-order valence-corrected chi connectivity index (χ2v) is 5.12. The lowest BCUT2D eigenvalue weighted by Crippen LogP contribution is -2.22. The normalized spacial score (nSPS) is 13.4. The predicted molar refractivity (Wildman–Crippen MR) is 76.6 cm³/mol. The number of rotatable bonds is 1. The maximum atomic E-state index is 12.0. The van der Waals surface area contributed by atoms with Gasteiger partial charge in [0.25, 0.3) is 5.56 Å². The van der Waals surface area contributed by atoms with E-state index in [4.69, 9.17) is 0 Å². The molecule has 0 saturated carbocycles. The second kappa shape index (κ2) is 4.53. The minimum Gasteiger partial charge on any atom is -0.373 e. The molecule has 0 aromatic carbocycles. The third-order valence-corrected chi connectivity index (χ3v) is 3.61. The van der Waals surface area contributed by atoms with Crippen molar-refractivity contribution in [1.82, 2.24) is 9.97 Å². The summed E-state index contributed by atoms with van der Waals surface area (Å²) in [5.74, 6) is 0. The number of aryl methyl sites for hydroxylation is 2. The van der Waals surface area contributed by atoms with Crippen LogP contribution in [0.3, 0.4) is 0 Å². The number of nitrogens with one attached hydrogen (secondary N) is 1. The van der Waals surface area contributed by atoms with Crippen LogP contribution < -0.4 is 10.5 Å². The summed E-state index contributed by atoms with van der Waals surface area (Å²) in [5.41, 5.74) is 5.09. The van der Waals surface area contributed by atoms with Crippen LogP contribution in [0.2, 0.25) is 0 Å². The van der Waals surface area contributed by atoms with Gasteiger partial charge in [0.15, 0.2) is 0 Å². The molecule has 4 nitrogen and oxygen atoms in total. The Morgan fingerprint density at radius 2 is 2.11 bits per heavy atom. The summed E-state index contributed by atoms with van der Waals surface area (Å²) in [6.07, 6.45) is 4.72. The van der Waals surface area contributed by atoms with Crippen LogP contribution in [-0.2, 0) is 12.8 Å². The Morgan fingerprint density at radius 3 is 2.89 bits per heavy atom. The highest BCUT2D eigenvalue weighted by Crippen LogP contribution is 2.31. The van der Waals surface area contributed by atoms with Gasteiger partial charge in [-0.2, -0.15) is 0 Å². The fourth-order valence-corrected chi connectivity index (χ4v) is 2.64. The van der Waals surface area contributed by atoms with Gasteiger partial charge in [-0.1, -0.05) is 6.07 Å². The number of aromatic nitrogens is 2. The molecule has 98 valence electrons. The van der Waals surface area contributed by atoms with Gasteiger partial charge in [-0.25, -0.2) is 0 Å². The van der Waals surface area contributed by atoms with Crippen LogP contribution in [0.4, 0.5) is 5.69 Å². The first-order valence-electron chi connectivity index (χ1n) is 6.54. The van der Waals surface area contributed by atoms with Gasteiger partial charge >= 0.3 is 0 Å². The van der Waals surface area contributed by atoms with Gasteiger partial charge in [0, 0.05) is 42.8 Å². The summed E-state index contributed by atoms with van der Waals surface area (Å²) in [6, 6.07) is 6.03. The fraction of sp³-hybridized carbons (Fsp3) is 0.333. The molecule has 0 atom stereocenters. The molecule has 0 radical (unpaired) electrons. The van der Waals surface area contributed by atoms with Crippen LogP contribution in [0.15, 0.2) is 29.2 Å². The van der Waals surface area contributed by atoms with Crippen LogP contribution in [0.25, 0.3) is 11.1 Å². The van der Waals surface area contributed by atoms with Crippen molar-refractivity contribution in [3.8, 4) is 11.1 Å². The first-order chi connectivity index (χ1) is 9.16. The average molecular weight is 255 g/mol. The molecule has 2 aromatic heterocycles. The lowest BCUT2D eigenvalue weighted by atomic mass is 10.0. The number of nitrogens with zero attached hydrogens (tertiary/aromatic N) is 2. The molecule has 0 fully saturated rings. The van der Waals surface area contributed by atoms with Crippen LogP contribution in [0, 0.1) is 0 Å². The van der Waals surface area contributed by atoms with E-state index in [1.54, 1.807) is 0 Å². The molecule has 1 N–H and O–H groups in total. The quantitative estimate of drug-likeness (QED) is 0.847. The number of H-pyrrole nitrogens is 1. The SMILES string of the molecule is CN(C)c1cc2c([nH]c1=O)CCCc1ncccc1-2. The van der Waals surface area contributed by atoms with Crippen LogP contribution >= 0.6 is 0 Å². The molecule has 1 aliphatic rings. The zero-order valence-electron chi connectivity index (χ0n) is 11.2. The second-order valence-electron chi connectivity index (χ2n) is 5.12. The minimum absolute atomic E-state index is 0.0175. The highest BCUT2D eigenvalue weighted by Gasteiger charge is 2.17. The van der Waals surface area contributed by atoms with E-state index in [1.165, 1.54) is 0 Å². The third-order valence-electron chi connectivity index (χ3n) is 3.61. The largest absolute Gasteiger partial charge is 0.373 e. The summed E-state index contributed by atoms with van der Waals surface area (Å²) in [4.78, 5) is 21.4. The minimum atomic E-state index is -0.0175. The Balaban J connectivity index is 2.28. The fourth-order valence-electron chi connectivity index (χ4n) is 2.64. The number of fused-ring (bicyclic) bond motifs is 3. The van der Waals surface area contributed by atoms with Crippen molar-refractivity contribution in [1.29, 1.82) is 0 Å². The van der Waals surface area contributed by atoms with Gasteiger partial charge in [0.05, 0.1) is 0 Å². The summed E-state index contributed by atoms with van der Waals surface area (Å²) in [7, 11) is 3.77. The number of hydrogen-bond donors (Lipinski definition) is 1. The molecular formula is C15H17N3O. The summed E-state index contributed by atoms with van der Waals surface area (Å²) >= 11 is 0. The maximum absolute atomic E-state index is 12.0. The zero-order valence-corrected chi connectivity index (χ0v) is 11.2. The molecule has 19 heavy (non-hydrogen) atoms. The van der Waals surface area contributed by atoms with Crippen molar-refractivity contribution in [2.45, 2.75) is 19.3 Å². The molecule has 1 aliphatic carbocycles. The first-order valence-corrected chi connectivity index (χ1v) is 6.54. The topological polar surface area (TPSA) is 49.0 Å². The van der Waals surface area contributed by atoms with Gasteiger partial charge in [-0.15, -0.1) is 0 Å². The van der Waals surface area contributed by atoms with Crippen molar-refractivity contribution in [2.75, 3.05) is 19.0 Å². The molecule has 0 bridgehead atoms. The standard InChI is InChI=1S/C15H17N3O/c1-18(2)14-9-11-10-5-4-8-16-12(10)6-3-7-13(11)17-15(14)19/h4-5,8-9H,3,6-7H2,1-2H3,(H,17,19). The lowest BCUT2D eigenvalue weighted by Gasteiger charge is -2.15. The van der Waals surface area contributed by atoms with Crippen molar-refractivity contribution < 1.29 is 0 Å². The molecule has 0 unspecified atom stereocenters. The summed E-state index contributed by atoms with van der Waals surface area (Å²) in [5, 5.41) is 0. The molecule has 0 aliphatic heterocycles. The van der Waals surface area contributed by atoms with E-state index < -0.39 is 0 Å². The van der Waals surface area contributed by atoms with E-state index in [-0.39, 0.29) is 5.56 Å². The predicted octanol–water partition coefficient (Wildman–Crippen LogP) is 1.99. The van der Waals surface area contributed by atoms with Gasteiger partial charge in [-0.3, -0.25) is 9.78 Å². The molecule has 0 spiro atoms. The van der Waals surface area contributed by atoms with E-state index in [0.717, 1.165) is 41.8 Å². The molecule has 2 aromatic rings. The van der Waals surface area contributed by atoms with Crippen LogP contribution in [0.5, 0.6) is 0 Å². The third kappa shape index (κ3) is 2.03. The molecular weight excluding hydrogens is 238 g/mol. The molecule has 2 heterocycles. The smallest absolute Gasteiger partial charge is 0.271 e. The van der Waals surface area contributed by atoms with Gasteiger partial charge in [0.1, 0.15) is 5.69 Å². The van der Waals surface area contributed by atoms with Crippen LogP contribution in [0.1, 0.15) is 17.8 Å². The summed E-state index contributed by atoms with van der Waals surface area (Å²) in [6.45, 7) is 0. The highest BCUT2D eigenvalue weighted by molar-refractivity contribution is 5.72. The lowest BCUT2D eigenvalue weighted by molar-refractivity contribution is 0.794. The Hall–Kier alpha value is -2.10. The van der Waals surface area contributed by atoms with Crippen molar-refractivity contribution in [3.63, 3.8) is 0 Å². The molecule has 3 rings (SSSR count). The maximum Gasteiger partial charge on any atom is 0.271 e. The number of pyridine rings is 2. The summed E-state index contributed by atoms with van der Waals surface area (Å²) < 4.78 is 0. The Morgan fingerprint density at radius 1 is 1.26 bits per heavy atom. The highest BCUT2D eigenvalue weighted by atomic mass is 16.1. The Kier molecular flexibility index (Phi) is 2.85. The monoisotopic (exact) mass is 255 g/mol. The molecule has 0 amide bonds. The molecule has 4 heteroatoms. The Labute approximate surface area is 112 Å². The van der Waals surface area contributed by atoms with Crippen molar-refractivity contribution in [2.24, 2.45) is 0 Å². The van der Waals surface area contributed by atoms with Gasteiger partial charge < -0.3 is 9.88 Å². The average Bonchev–Trinajstić information content (AvgIpc) is 2.56. The van der Waals surface area contributed by atoms with E-state index in [2.05, 4.69) is 16.0 Å². The van der Waals surface area contributed by atoms with Gasteiger partial charge in [-0.05, 0) is 31.4 Å². The molecule has 0 saturated heterocycles.